The summed E-state index contributed by atoms with van der Waals surface area (Å²) in [7, 11) is 0. The van der Waals surface area contributed by atoms with E-state index in [0.717, 1.165) is 35.0 Å². The quantitative estimate of drug-likeness (QED) is 0.864. The number of hydrogen-bond acceptors (Lipinski definition) is 2. The minimum Gasteiger partial charge on any atom is -0.487 e. The zero-order chi connectivity index (χ0) is 15.0. The molecule has 1 aliphatic rings. The second kappa shape index (κ2) is 5.27. The highest BCUT2D eigenvalue weighted by atomic mass is 35.5. The number of halogens is 1. The van der Waals surface area contributed by atoms with Crippen molar-refractivity contribution in [2.75, 3.05) is 5.32 Å². The van der Waals surface area contributed by atoms with Gasteiger partial charge in [0.05, 0.1) is 0 Å². The Labute approximate surface area is 131 Å². The average molecular weight is 302 g/mol. The van der Waals surface area contributed by atoms with Crippen molar-refractivity contribution in [3.05, 3.63) is 58.1 Å². The van der Waals surface area contributed by atoms with Gasteiger partial charge in [-0.25, -0.2) is 0 Å². The molecule has 1 N–H and O–H groups in total. The Morgan fingerprint density at radius 1 is 1.24 bits per heavy atom. The number of ether oxygens (including phenoxy) is 1. The minimum atomic E-state index is -0.103. The summed E-state index contributed by atoms with van der Waals surface area (Å²) >= 11 is 5.99. The maximum Gasteiger partial charge on any atom is 0.128 e. The van der Waals surface area contributed by atoms with Crippen LogP contribution in [0.5, 0.6) is 5.75 Å². The van der Waals surface area contributed by atoms with E-state index in [9.17, 15) is 0 Å². The van der Waals surface area contributed by atoms with Gasteiger partial charge in [0.25, 0.3) is 0 Å². The number of nitrogens with one attached hydrogen (secondary N) is 1. The molecule has 0 fully saturated rings. The monoisotopic (exact) mass is 301 g/mol. The molecule has 0 aliphatic carbocycles. The van der Waals surface area contributed by atoms with Crippen LogP contribution in [0.2, 0.25) is 5.02 Å². The van der Waals surface area contributed by atoms with Gasteiger partial charge in [-0.3, -0.25) is 0 Å². The highest BCUT2D eigenvalue weighted by molar-refractivity contribution is 6.30. The van der Waals surface area contributed by atoms with Crippen LogP contribution in [0.1, 0.15) is 30.5 Å². The zero-order valence-electron chi connectivity index (χ0n) is 12.7. The van der Waals surface area contributed by atoms with E-state index in [1.807, 2.05) is 18.2 Å². The van der Waals surface area contributed by atoms with Gasteiger partial charge in [-0.1, -0.05) is 29.8 Å². The number of benzene rings is 2. The molecule has 110 valence electrons. The Bertz CT molecular complexity index is 679. The van der Waals surface area contributed by atoms with Crippen LogP contribution in [0, 0.1) is 6.92 Å². The fourth-order valence-corrected chi connectivity index (χ4v) is 3.06. The van der Waals surface area contributed by atoms with Crippen molar-refractivity contribution in [1.82, 2.24) is 0 Å². The Hall–Kier alpha value is -1.67. The van der Waals surface area contributed by atoms with Crippen LogP contribution in [0.3, 0.4) is 0 Å². The molecule has 1 aliphatic heterocycles. The number of anilines is 1. The lowest BCUT2D eigenvalue weighted by atomic mass is 10.0. The van der Waals surface area contributed by atoms with Crippen LogP contribution in [-0.2, 0) is 13.0 Å². The summed E-state index contributed by atoms with van der Waals surface area (Å²) in [6.45, 7) is 7.08. The molecule has 2 nitrogen and oxygen atoms in total. The predicted molar refractivity (Wildman–Crippen MR) is 88.4 cm³/mol. The molecule has 2 aromatic carbocycles. The molecule has 1 heterocycles. The lowest BCUT2D eigenvalue weighted by Gasteiger charge is -2.18. The first-order valence-electron chi connectivity index (χ1n) is 7.24. The smallest absolute Gasteiger partial charge is 0.128 e. The van der Waals surface area contributed by atoms with Crippen molar-refractivity contribution in [3.63, 3.8) is 0 Å². The summed E-state index contributed by atoms with van der Waals surface area (Å²) in [4.78, 5) is 0. The first-order chi connectivity index (χ1) is 9.94. The van der Waals surface area contributed by atoms with Crippen molar-refractivity contribution >= 4 is 17.3 Å². The molecule has 3 rings (SSSR count). The molecule has 0 spiro atoms. The van der Waals surface area contributed by atoms with E-state index in [4.69, 9.17) is 16.3 Å². The molecule has 3 heteroatoms. The van der Waals surface area contributed by atoms with E-state index in [0.29, 0.717) is 0 Å². The molecule has 2 aromatic rings. The van der Waals surface area contributed by atoms with Crippen molar-refractivity contribution in [1.29, 1.82) is 0 Å². The third-order valence-electron chi connectivity index (χ3n) is 3.83. The van der Waals surface area contributed by atoms with Gasteiger partial charge in [-0.15, -0.1) is 0 Å². The summed E-state index contributed by atoms with van der Waals surface area (Å²) in [5.74, 6) is 1.04. The fraction of sp³-hybridized carbons (Fsp3) is 0.333. The molecular weight excluding hydrogens is 282 g/mol. The number of rotatable bonds is 3. The molecule has 0 unspecified atom stereocenters. The van der Waals surface area contributed by atoms with Crippen LogP contribution >= 0.6 is 11.6 Å². The Balaban J connectivity index is 1.80. The third-order valence-corrected chi connectivity index (χ3v) is 4.07. The Kier molecular flexibility index (Phi) is 3.58. The Morgan fingerprint density at radius 2 is 2.05 bits per heavy atom. The normalized spacial score (nSPS) is 15.4. The number of fused-ring (bicyclic) bond motifs is 1. The lowest BCUT2D eigenvalue weighted by molar-refractivity contribution is 0.137. The van der Waals surface area contributed by atoms with Gasteiger partial charge in [0, 0.05) is 29.2 Å². The number of aryl methyl sites for hydroxylation is 1. The average Bonchev–Trinajstić information content (AvgIpc) is 2.72. The standard InChI is InChI=1S/C18H20ClNO/c1-12-9-15(19)7-8-16(12)20-11-14-6-4-5-13-10-18(2,3)21-17(13)14/h4-9,20H,10-11H2,1-3H3. The Morgan fingerprint density at radius 3 is 2.81 bits per heavy atom. The largest absolute Gasteiger partial charge is 0.487 e. The summed E-state index contributed by atoms with van der Waals surface area (Å²) in [6.07, 6.45) is 0.968. The van der Waals surface area contributed by atoms with Gasteiger partial charge in [0.1, 0.15) is 11.4 Å². The van der Waals surface area contributed by atoms with Crippen molar-refractivity contribution in [2.45, 2.75) is 39.3 Å². The summed E-state index contributed by atoms with van der Waals surface area (Å²) in [6, 6.07) is 12.3. The molecular formula is C18H20ClNO. The molecule has 0 saturated heterocycles. The van der Waals surface area contributed by atoms with Crippen LogP contribution < -0.4 is 10.1 Å². The molecule has 0 radical (unpaired) electrons. The van der Waals surface area contributed by atoms with E-state index in [1.54, 1.807) is 0 Å². The number of hydrogen-bond donors (Lipinski definition) is 1. The molecule has 0 bridgehead atoms. The van der Waals surface area contributed by atoms with Crippen molar-refractivity contribution in [3.8, 4) is 5.75 Å². The van der Waals surface area contributed by atoms with Crippen LogP contribution in [0.15, 0.2) is 36.4 Å². The van der Waals surface area contributed by atoms with Crippen molar-refractivity contribution < 1.29 is 4.74 Å². The highest BCUT2D eigenvalue weighted by Gasteiger charge is 2.31. The van der Waals surface area contributed by atoms with Gasteiger partial charge in [0.2, 0.25) is 0 Å². The zero-order valence-corrected chi connectivity index (χ0v) is 13.4. The van der Waals surface area contributed by atoms with E-state index in [1.165, 1.54) is 11.1 Å². The third kappa shape index (κ3) is 3.01. The first-order valence-corrected chi connectivity index (χ1v) is 7.62. The SMILES string of the molecule is Cc1cc(Cl)ccc1NCc1cccc2c1OC(C)(C)C2. The molecule has 0 atom stereocenters. The number of para-hydroxylation sites is 1. The maximum atomic E-state index is 6.10. The summed E-state index contributed by atoms with van der Waals surface area (Å²) in [5, 5.41) is 4.24. The van der Waals surface area contributed by atoms with Gasteiger partial charge in [-0.2, -0.15) is 0 Å². The van der Waals surface area contributed by atoms with E-state index in [-0.39, 0.29) is 5.60 Å². The molecule has 0 saturated carbocycles. The van der Waals surface area contributed by atoms with E-state index < -0.39 is 0 Å². The highest BCUT2D eigenvalue weighted by Crippen LogP contribution is 2.37. The van der Waals surface area contributed by atoms with Gasteiger partial charge in [0.15, 0.2) is 0 Å². The van der Waals surface area contributed by atoms with E-state index in [2.05, 4.69) is 44.3 Å². The van der Waals surface area contributed by atoms with Crippen LogP contribution in [0.25, 0.3) is 0 Å². The van der Waals surface area contributed by atoms with Crippen molar-refractivity contribution in [2.24, 2.45) is 0 Å². The van der Waals surface area contributed by atoms with Gasteiger partial charge < -0.3 is 10.1 Å². The van der Waals surface area contributed by atoms with Gasteiger partial charge >= 0.3 is 0 Å². The molecule has 0 amide bonds. The summed E-state index contributed by atoms with van der Waals surface area (Å²) in [5.41, 5.74) is 4.65. The predicted octanol–water partition coefficient (Wildman–Crippen LogP) is 4.97. The lowest BCUT2D eigenvalue weighted by Crippen LogP contribution is -2.25. The van der Waals surface area contributed by atoms with Crippen LogP contribution in [0.4, 0.5) is 5.69 Å². The maximum absolute atomic E-state index is 6.10. The second-order valence-electron chi connectivity index (χ2n) is 6.26. The van der Waals surface area contributed by atoms with E-state index >= 15 is 0 Å². The van der Waals surface area contributed by atoms with Crippen LogP contribution in [-0.4, -0.2) is 5.60 Å². The second-order valence-corrected chi connectivity index (χ2v) is 6.69. The molecule has 21 heavy (non-hydrogen) atoms. The fourth-order valence-electron chi connectivity index (χ4n) is 2.83. The van der Waals surface area contributed by atoms with Gasteiger partial charge in [-0.05, 0) is 50.1 Å². The topological polar surface area (TPSA) is 21.3 Å². The summed E-state index contributed by atoms with van der Waals surface area (Å²) < 4.78 is 6.10. The molecule has 0 aromatic heterocycles. The first kappa shape index (κ1) is 14.3. The minimum absolute atomic E-state index is 0.103.